The molecule has 10 nitrogen and oxygen atoms in total. The molecule has 4 rings (SSSR count). The van der Waals surface area contributed by atoms with Crippen LogP contribution in [-0.4, -0.2) is 39.0 Å². The van der Waals surface area contributed by atoms with Crippen LogP contribution in [0.1, 0.15) is 64.8 Å². The van der Waals surface area contributed by atoms with Crippen LogP contribution in [0.3, 0.4) is 0 Å². The maximum atomic E-state index is 8.87. The first-order valence-corrected chi connectivity index (χ1v) is 12.3. The molecule has 4 aromatic rings. The predicted molar refractivity (Wildman–Crippen MR) is 136 cm³/mol. The molecule has 0 bridgehead atoms. The smallest absolute Gasteiger partial charge is 0.234 e. The summed E-state index contributed by atoms with van der Waals surface area (Å²) >= 11 is 3.43. The number of aryl methyl sites for hydroxylation is 1. The van der Waals surface area contributed by atoms with Gasteiger partial charge in [0, 0.05) is 13.1 Å². The molecule has 0 atom stereocenters. The first-order valence-electron chi connectivity index (χ1n) is 11.1. The van der Waals surface area contributed by atoms with Gasteiger partial charge in [0.1, 0.15) is 34.8 Å². The summed E-state index contributed by atoms with van der Waals surface area (Å²) in [6.07, 6.45) is 3.21. The number of aromatic nitrogens is 8. The van der Waals surface area contributed by atoms with Crippen molar-refractivity contribution < 1.29 is 0 Å². The topological polar surface area (TPSA) is 135 Å². The molecule has 11 heteroatoms. The molecule has 0 saturated heterocycles. The van der Waals surface area contributed by atoms with E-state index < -0.39 is 0 Å². The lowest BCUT2D eigenvalue weighted by atomic mass is 9.97. The van der Waals surface area contributed by atoms with Crippen molar-refractivity contribution in [3.8, 4) is 12.1 Å². The second kappa shape index (κ2) is 10.0. The third-order valence-electron chi connectivity index (χ3n) is 4.83. The summed E-state index contributed by atoms with van der Waals surface area (Å²) in [7, 11) is 0. The first-order chi connectivity index (χ1) is 16.3. The molecule has 4 aromatic heterocycles. The lowest BCUT2D eigenvalue weighted by Crippen LogP contribution is -2.17. The summed E-state index contributed by atoms with van der Waals surface area (Å²) in [5.41, 5.74) is 3.19. The Balaban J connectivity index is 0.000000196. The van der Waals surface area contributed by atoms with Crippen LogP contribution in [0.2, 0.25) is 0 Å². The first kappa shape index (κ1) is 26.2. The Labute approximate surface area is 213 Å². The molecule has 0 aliphatic rings. The number of fused-ring (bicyclic) bond motifs is 2. The molecule has 0 amide bonds. The number of hydrogen-bond acceptors (Lipinski definition) is 8. The van der Waals surface area contributed by atoms with E-state index in [1.54, 1.807) is 12.4 Å². The van der Waals surface area contributed by atoms with Crippen molar-refractivity contribution in [1.82, 2.24) is 39.0 Å². The molecule has 182 valence electrons. The number of imidazole rings is 2. The van der Waals surface area contributed by atoms with Crippen molar-refractivity contribution in [3.63, 3.8) is 0 Å². The van der Waals surface area contributed by atoms with Gasteiger partial charge in [0.15, 0.2) is 11.3 Å². The van der Waals surface area contributed by atoms with Crippen LogP contribution in [0, 0.1) is 40.4 Å². The Morgan fingerprint density at radius 2 is 1.23 bits per heavy atom. The molecule has 35 heavy (non-hydrogen) atoms. The predicted octanol–water partition coefficient (Wildman–Crippen LogP) is 4.69. The summed E-state index contributed by atoms with van der Waals surface area (Å²) < 4.78 is 4.09. The lowest BCUT2D eigenvalue weighted by Gasteiger charge is -2.20. The molecule has 0 N–H and O–H groups in total. The van der Waals surface area contributed by atoms with Gasteiger partial charge in [-0.25, -0.2) is 19.9 Å². The zero-order valence-electron chi connectivity index (χ0n) is 21.1. The highest BCUT2D eigenvalue weighted by Crippen LogP contribution is 2.23. The highest BCUT2D eigenvalue weighted by molar-refractivity contribution is 9.08. The van der Waals surface area contributed by atoms with E-state index in [1.807, 2.05) is 28.2 Å². The summed E-state index contributed by atoms with van der Waals surface area (Å²) in [5.74, 6) is 2.18. The van der Waals surface area contributed by atoms with Crippen LogP contribution < -0.4 is 0 Å². The normalized spacial score (nSPS) is 11.7. The third kappa shape index (κ3) is 6.37. The molecule has 0 saturated carbocycles. The third-order valence-corrected chi connectivity index (χ3v) is 5.33. The number of rotatable bonds is 3. The van der Waals surface area contributed by atoms with E-state index in [-0.39, 0.29) is 22.5 Å². The molecule has 0 aliphatic heterocycles. The fourth-order valence-electron chi connectivity index (χ4n) is 3.51. The largest absolute Gasteiger partial charge is 0.312 e. The molecule has 0 aromatic carbocycles. The molecule has 0 radical (unpaired) electrons. The van der Waals surface area contributed by atoms with Gasteiger partial charge in [-0.1, -0.05) is 57.5 Å². The van der Waals surface area contributed by atoms with E-state index >= 15 is 0 Å². The zero-order chi connectivity index (χ0) is 26.0. The minimum atomic E-state index is 0.113. The van der Waals surface area contributed by atoms with Crippen LogP contribution in [0.25, 0.3) is 22.3 Å². The quantitative estimate of drug-likeness (QED) is 0.344. The van der Waals surface area contributed by atoms with Crippen molar-refractivity contribution in [2.24, 2.45) is 10.8 Å². The Kier molecular flexibility index (Phi) is 7.51. The number of nitriles is 2. The van der Waals surface area contributed by atoms with Gasteiger partial charge >= 0.3 is 0 Å². The van der Waals surface area contributed by atoms with Gasteiger partial charge in [0.2, 0.25) is 11.6 Å². The van der Waals surface area contributed by atoms with E-state index in [1.165, 1.54) is 0 Å². The monoisotopic (exact) mass is 536 g/mol. The number of hydrogen-bond donors (Lipinski definition) is 0. The number of halogens is 1. The van der Waals surface area contributed by atoms with E-state index in [0.717, 1.165) is 47.1 Å². The van der Waals surface area contributed by atoms with Crippen LogP contribution in [-0.2, 0) is 18.4 Å². The average Bonchev–Trinajstić information content (AvgIpc) is 3.27. The van der Waals surface area contributed by atoms with Crippen molar-refractivity contribution in [2.45, 2.75) is 66.9 Å². The van der Waals surface area contributed by atoms with Crippen LogP contribution in [0.5, 0.6) is 0 Å². The highest BCUT2D eigenvalue weighted by Gasteiger charge is 2.19. The summed E-state index contributed by atoms with van der Waals surface area (Å²) in [5, 5.41) is 18.3. The van der Waals surface area contributed by atoms with Gasteiger partial charge < -0.3 is 9.13 Å². The molecule has 4 heterocycles. The fourth-order valence-corrected chi connectivity index (χ4v) is 3.94. The van der Waals surface area contributed by atoms with Gasteiger partial charge in [-0.15, -0.1) is 0 Å². The lowest BCUT2D eigenvalue weighted by molar-refractivity contribution is 0.343. The Morgan fingerprint density at radius 1 is 0.771 bits per heavy atom. The van der Waals surface area contributed by atoms with Gasteiger partial charge in [0.25, 0.3) is 0 Å². The van der Waals surface area contributed by atoms with Crippen LogP contribution in [0.4, 0.5) is 0 Å². The Hall–Kier alpha value is -3.44. The van der Waals surface area contributed by atoms with E-state index in [2.05, 4.69) is 87.4 Å². The minimum absolute atomic E-state index is 0.113. The standard InChI is InChI=1S/C12H14BrN5.C12H15N5/c1-12(2,3)7-18-10(4-13)16-8-6-15-9(5-14)17-11(8)18;1-8-15-9-6-14-10(5-13)16-11(9)17(8)7-12(2,3)4/h6H,4,7H2,1-3H3;6H,7H2,1-4H3. The molecule has 0 fully saturated rings. The van der Waals surface area contributed by atoms with Gasteiger partial charge in [-0.3, -0.25) is 0 Å². The summed E-state index contributed by atoms with van der Waals surface area (Å²) in [6, 6.07) is 3.92. The van der Waals surface area contributed by atoms with E-state index in [9.17, 15) is 0 Å². The van der Waals surface area contributed by atoms with Crippen molar-refractivity contribution in [2.75, 3.05) is 0 Å². The average molecular weight is 537 g/mol. The second-order valence-electron chi connectivity index (χ2n) is 10.6. The number of alkyl halides is 1. The van der Waals surface area contributed by atoms with Crippen LogP contribution >= 0.6 is 15.9 Å². The minimum Gasteiger partial charge on any atom is -0.312 e. The fraction of sp³-hybridized carbons (Fsp3) is 0.500. The van der Waals surface area contributed by atoms with Gasteiger partial charge in [-0.2, -0.15) is 20.5 Å². The van der Waals surface area contributed by atoms with E-state index in [4.69, 9.17) is 10.5 Å². The Morgan fingerprint density at radius 3 is 1.69 bits per heavy atom. The molecule has 0 aliphatic carbocycles. The van der Waals surface area contributed by atoms with Crippen molar-refractivity contribution in [1.29, 1.82) is 10.5 Å². The molecular weight excluding hydrogens is 508 g/mol. The SMILES string of the molecule is CC(C)(C)Cn1c(CBr)nc2cnc(C#N)nc21.Cc1nc2cnc(C#N)nc2n1CC(C)(C)C. The summed E-state index contributed by atoms with van der Waals surface area (Å²) in [4.78, 5) is 25.2. The van der Waals surface area contributed by atoms with Gasteiger partial charge in [0.05, 0.1) is 17.7 Å². The van der Waals surface area contributed by atoms with E-state index in [0.29, 0.717) is 5.33 Å². The number of nitrogens with zero attached hydrogens (tertiary/aromatic N) is 10. The van der Waals surface area contributed by atoms with Crippen molar-refractivity contribution in [3.05, 3.63) is 35.7 Å². The van der Waals surface area contributed by atoms with Crippen molar-refractivity contribution >= 4 is 38.3 Å². The second-order valence-corrected chi connectivity index (χ2v) is 11.2. The molecular formula is C24H29BrN10. The van der Waals surface area contributed by atoms with Crippen LogP contribution in [0.15, 0.2) is 12.4 Å². The molecule has 0 spiro atoms. The Bertz CT molecular complexity index is 1440. The van der Waals surface area contributed by atoms with Gasteiger partial charge in [-0.05, 0) is 17.8 Å². The molecule has 0 unspecified atom stereocenters. The maximum absolute atomic E-state index is 8.87. The summed E-state index contributed by atoms with van der Waals surface area (Å²) in [6.45, 7) is 16.5. The zero-order valence-corrected chi connectivity index (χ0v) is 22.7. The highest BCUT2D eigenvalue weighted by atomic mass is 79.9. The maximum Gasteiger partial charge on any atom is 0.234 e.